The highest BCUT2D eigenvalue weighted by Gasteiger charge is 2.15. The number of anilines is 2. The van der Waals surface area contributed by atoms with Crippen molar-refractivity contribution < 1.29 is 0 Å². The maximum atomic E-state index is 4.51. The minimum Gasteiger partial charge on any atom is -0.354 e. The highest BCUT2D eigenvalue weighted by Crippen LogP contribution is 2.44. The molecule has 4 nitrogen and oxygen atoms in total. The summed E-state index contributed by atoms with van der Waals surface area (Å²) in [6.45, 7) is 2.00. The molecular weight excluding hydrogens is 384 g/mol. The molecule has 0 unspecified atom stereocenters. The first-order valence-electron chi connectivity index (χ1n) is 9.00. The van der Waals surface area contributed by atoms with Crippen molar-refractivity contribution in [1.29, 1.82) is 0 Å². The van der Waals surface area contributed by atoms with Crippen molar-refractivity contribution in [1.82, 2.24) is 4.57 Å². The zero-order chi connectivity index (χ0) is 19.1. The molecule has 3 aromatic carbocycles. The third-order valence-corrected chi connectivity index (χ3v) is 7.03. The number of thiazole rings is 1. The molecule has 4 aromatic rings. The van der Waals surface area contributed by atoms with Crippen molar-refractivity contribution in [3.05, 3.63) is 77.1 Å². The minimum atomic E-state index is 0.890. The number of nitrogens with one attached hydrogen (secondary N) is 1. The normalized spacial score (nSPS) is 13.9. The summed E-state index contributed by atoms with van der Waals surface area (Å²) in [7, 11) is 2.03. The van der Waals surface area contributed by atoms with Crippen LogP contribution in [0.15, 0.2) is 86.7 Å². The molecule has 138 valence electrons. The Morgan fingerprint density at radius 2 is 1.71 bits per heavy atom. The molecule has 0 spiro atoms. The lowest BCUT2D eigenvalue weighted by Crippen LogP contribution is -2.09. The Balaban J connectivity index is 1.49. The van der Waals surface area contributed by atoms with Crippen LogP contribution in [0.1, 0.15) is 12.5 Å². The van der Waals surface area contributed by atoms with E-state index in [0.717, 1.165) is 27.5 Å². The molecule has 5 rings (SSSR count). The van der Waals surface area contributed by atoms with Crippen LogP contribution in [0.3, 0.4) is 0 Å². The Kier molecular flexibility index (Phi) is 4.30. The predicted molar refractivity (Wildman–Crippen MR) is 119 cm³/mol. The summed E-state index contributed by atoms with van der Waals surface area (Å²) >= 11 is 3.44. The maximum absolute atomic E-state index is 4.51. The standard InChI is InChI=1S/C22H18N4S2/c1-14(24-25-22-26(2)18-8-4-6-10-21(18)28-22)15-11-12-20-17(13-15)23-16-7-3-5-9-19(16)27-20/h3-13,23H,1-2H3/b24-14+,25-22-. The molecule has 0 atom stereocenters. The molecule has 1 aromatic heterocycles. The highest BCUT2D eigenvalue weighted by atomic mass is 32.2. The Morgan fingerprint density at radius 1 is 0.929 bits per heavy atom. The van der Waals surface area contributed by atoms with Crippen LogP contribution in [0.2, 0.25) is 0 Å². The van der Waals surface area contributed by atoms with E-state index < -0.39 is 0 Å². The number of nitrogens with zero attached hydrogens (tertiary/aromatic N) is 3. The van der Waals surface area contributed by atoms with Gasteiger partial charge in [-0.15, -0.1) is 5.10 Å². The Bertz CT molecular complexity index is 1300. The van der Waals surface area contributed by atoms with Gasteiger partial charge in [-0.1, -0.05) is 53.4 Å². The van der Waals surface area contributed by atoms with Crippen molar-refractivity contribution in [2.45, 2.75) is 16.7 Å². The number of fused-ring (bicyclic) bond motifs is 3. The molecule has 2 heterocycles. The Morgan fingerprint density at radius 3 is 2.61 bits per heavy atom. The van der Waals surface area contributed by atoms with E-state index in [2.05, 4.69) is 74.7 Å². The Hall–Kier alpha value is -2.83. The third kappa shape index (κ3) is 3.04. The Labute approximate surface area is 171 Å². The number of aromatic nitrogens is 1. The number of hydrogen-bond acceptors (Lipinski definition) is 5. The summed E-state index contributed by atoms with van der Waals surface area (Å²) in [5, 5.41) is 12.5. The van der Waals surface area contributed by atoms with Crippen LogP contribution in [0, 0.1) is 0 Å². The number of hydrogen-bond donors (Lipinski definition) is 1. The number of benzene rings is 3. The molecule has 1 aliphatic rings. The molecule has 0 radical (unpaired) electrons. The van der Waals surface area contributed by atoms with Crippen molar-refractivity contribution >= 4 is 50.4 Å². The van der Waals surface area contributed by atoms with E-state index in [0.29, 0.717) is 0 Å². The summed E-state index contributed by atoms with van der Waals surface area (Å²) in [5.41, 5.74) is 5.40. The fourth-order valence-electron chi connectivity index (χ4n) is 3.22. The quantitative estimate of drug-likeness (QED) is 0.301. The van der Waals surface area contributed by atoms with E-state index in [4.69, 9.17) is 0 Å². The lowest BCUT2D eigenvalue weighted by atomic mass is 10.1. The van der Waals surface area contributed by atoms with Gasteiger partial charge in [0.2, 0.25) is 4.80 Å². The van der Waals surface area contributed by atoms with Gasteiger partial charge in [0, 0.05) is 16.8 Å². The van der Waals surface area contributed by atoms with Crippen LogP contribution in [0.5, 0.6) is 0 Å². The smallest absolute Gasteiger partial charge is 0.211 e. The molecule has 0 saturated heterocycles. The van der Waals surface area contributed by atoms with E-state index >= 15 is 0 Å². The van der Waals surface area contributed by atoms with Gasteiger partial charge in [0.1, 0.15) is 0 Å². The van der Waals surface area contributed by atoms with Gasteiger partial charge >= 0.3 is 0 Å². The molecular formula is C22H18N4S2. The number of rotatable bonds is 2. The topological polar surface area (TPSA) is 41.7 Å². The largest absolute Gasteiger partial charge is 0.354 e. The summed E-state index contributed by atoms with van der Waals surface area (Å²) in [5.74, 6) is 0. The van der Waals surface area contributed by atoms with Crippen molar-refractivity contribution in [2.75, 3.05) is 5.32 Å². The molecule has 6 heteroatoms. The SMILES string of the molecule is C/C(=N\N=c1/sc2ccccc2n1C)c1ccc2c(c1)Nc1ccccc1S2. The first-order chi connectivity index (χ1) is 13.7. The summed E-state index contributed by atoms with van der Waals surface area (Å²) in [6, 6.07) is 23.1. The molecule has 0 amide bonds. The van der Waals surface area contributed by atoms with E-state index in [-0.39, 0.29) is 0 Å². The third-order valence-electron chi connectivity index (χ3n) is 4.77. The molecule has 0 saturated carbocycles. The lowest BCUT2D eigenvalue weighted by molar-refractivity contribution is 0.888. The van der Waals surface area contributed by atoms with Crippen LogP contribution in [-0.4, -0.2) is 10.3 Å². The second-order valence-electron chi connectivity index (χ2n) is 6.63. The lowest BCUT2D eigenvalue weighted by Gasteiger charge is -2.21. The predicted octanol–water partition coefficient (Wildman–Crippen LogP) is 5.77. The molecule has 1 aliphatic heterocycles. The second-order valence-corrected chi connectivity index (χ2v) is 8.72. The van der Waals surface area contributed by atoms with Crippen LogP contribution < -0.4 is 10.1 Å². The molecule has 0 bridgehead atoms. The summed E-state index contributed by atoms with van der Waals surface area (Å²) in [4.78, 5) is 3.37. The van der Waals surface area contributed by atoms with Crippen LogP contribution in [0.25, 0.3) is 10.2 Å². The maximum Gasteiger partial charge on any atom is 0.211 e. The van der Waals surface area contributed by atoms with E-state index in [1.54, 1.807) is 23.1 Å². The minimum absolute atomic E-state index is 0.890. The number of aryl methyl sites for hydroxylation is 1. The summed E-state index contributed by atoms with van der Waals surface area (Å²) in [6.07, 6.45) is 0. The average molecular weight is 403 g/mol. The molecule has 0 fully saturated rings. The van der Waals surface area contributed by atoms with Gasteiger partial charge in [-0.2, -0.15) is 5.10 Å². The van der Waals surface area contributed by atoms with Gasteiger partial charge in [0.25, 0.3) is 0 Å². The van der Waals surface area contributed by atoms with E-state index in [1.807, 2.05) is 26.1 Å². The fraction of sp³-hybridized carbons (Fsp3) is 0.0909. The van der Waals surface area contributed by atoms with Gasteiger partial charge in [0.05, 0.1) is 27.3 Å². The fourth-order valence-corrected chi connectivity index (χ4v) is 5.16. The van der Waals surface area contributed by atoms with Crippen molar-refractivity contribution in [3.63, 3.8) is 0 Å². The van der Waals surface area contributed by atoms with Gasteiger partial charge in [0.15, 0.2) is 0 Å². The van der Waals surface area contributed by atoms with E-state index in [9.17, 15) is 0 Å². The molecule has 0 aliphatic carbocycles. The van der Waals surface area contributed by atoms with Crippen molar-refractivity contribution in [2.24, 2.45) is 17.3 Å². The highest BCUT2D eigenvalue weighted by molar-refractivity contribution is 7.99. The van der Waals surface area contributed by atoms with Gasteiger partial charge < -0.3 is 9.88 Å². The second kappa shape index (κ2) is 6.96. The first kappa shape index (κ1) is 17.3. The zero-order valence-electron chi connectivity index (χ0n) is 15.5. The van der Waals surface area contributed by atoms with E-state index in [1.165, 1.54) is 20.0 Å². The van der Waals surface area contributed by atoms with Crippen LogP contribution in [-0.2, 0) is 7.05 Å². The number of para-hydroxylation sites is 2. The average Bonchev–Trinajstić information content (AvgIpc) is 3.06. The van der Waals surface area contributed by atoms with Gasteiger partial charge in [-0.05, 0) is 48.9 Å². The van der Waals surface area contributed by atoms with Crippen LogP contribution in [0.4, 0.5) is 11.4 Å². The molecule has 28 heavy (non-hydrogen) atoms. The zero-order valence-corrected chi connectivity index (χ0v) is 17.1. The van der Waals surface area contributed by atoms with Crippen molar-refractivity contribution in [3.8, 4) is 0 Å². The monoisotopic (exact) mass is 402 g/mol. The first-order valence-corrected chi connectivity index (χ1v) is 10.6. The molecule has 1 N–H and O–H groups in total. The van der Waals surface area contributed by atoms with Gasteiger partial charge in [-0.3, -0.25) is 0 Å². The van der Waals surface area contributed by atoms with Gasteiger partial charge in [-0.25, -0.2) is 0 Å². The van der Waals surface area contributed by atoms with Crippen LogP contribution >= 0.6 is 23.1 Å². The summed E-state index contributed by atoms with van der Waals surface area (Å²) < 4.78 is 3.30.